The van der Waals surface area contributed by atoms with Gasteiger partial charge in [0.25, 0.3) is 5.69 Å². The number of carbonyl (C=O) groups excluding carboxylic acids is 1. The Hall–Kier alpha value is -4.33. The second kappa shape index (κ2) is 10.3. The van der Waals surface area contributed by atoms with E-state index in [9.17, 15) is 14.9 Å². The summed E-state index contributed by atoms with van der Waals surface area (Å²) >= 11 is 0. The number of ether oxygens (including phenoxy) is 3. The van der Waals surface area contributed by atoms with Crippen LogP contribution in [0.2, 0.25) is 0 Å². The minimum absolute atomic E-state index is 0.0312. The molecular formula is C27H26N2O6. The Morgan fingerprint density at radius 2 is 1.71 bits per heavy atom. The number of benzene rings is 3. The fraction of sp³-hybridized carbons (Fsp3) is 0.222. The first-order valence-electron chi connectivity index (χ1n) is 11.1. The fourth-order valence-electron chi connectivity index (χ4n) is 4.33. The van der Waals surface area contributed by atoms with E-state index in [0.29, 0.717) is 30.0 Å². The van der Waals surface area contributed by atoms with Crippen molar-refractivity contribution in [2.45, 2.75) is 12.5 Å². The third-order valence-electron chi connectivity index (χ3n) is 6.09. The van der Waals surface area contributed by atoms with Crippen molar-refractivity contribution < 1.29 is 23.9 Å². The highest BCUT2D eigenvalue weighted by molar-refractivity contribution is 5.92. The Kier molecular flexibility index (Phi) is 7.01. The predicted octanol–water partition coefficient (Wildman–Crippen LogP) is 4.81. The molecule has 0 N–H and O–H groups in total. The number of carbonyl (C=O) groups is 1. The number of nitrogens with zero attached hydrogens (tertiary/aromatic N) is 2. The molecule has 3 aromatic rings. The van der Waals surface area contributed by atoms with E-state index in [1.54, 1.807) is 44.4 Å². The molecule has 1 aliphatic heterocycles. The zero-order valence-electron chi connectivity index (χ0n) is 19.8. The molecule has 8 nitrogen and oxygen atoms in total. The summed E-state index contributed by atoms with van der Waals surface area (Å²) < 4.78 is 16.1. The summed E-state index contributed by atoms with van der Waals surface area (Å²) in [6.07, 6.45) is 3.89. The maximum atomic E-state index is 13.4. The van der Waals surface area contributed by atoms with Gasteiger partial charge < -0.3 is 19.1 Å². The van der Waals surface area contributed by atoms with Gasteiger partial charge in [0.1, 0.15) is 5.75 Å². The maximum absolute atomic E-state index is 13.4. The molecule has 1 aliphatic rings. The Balaban J connectivity index is 1.75. The monoisotopic (exact) mass is 474 g/mol. The molecule has 0 spiro atoms. The summed E-state index contributed by atoms with van der Waals surface area (Å²) in [5.41, 5.74) is 3.33. The molecule has 8 heteroatoms. The van der Waals surface area contributed by atoms with Crippen LogP contribution in [-0.2, 0) is 11.2 Å². The van der Waals surface area contributed by atoms with Gasteiger partial charge in [-0.25, -0.2) is 0 Å². The summed E-state index contributed by atoms with van der Waals surface area (Å²) in [5, 5.41) is 11.5. The highest BCUT2D eigenvalue weighted by Gasteiger charge is 2.33. The highest BCUT2D eigenvalue weighted by atomic mass is 16.6. The van der Waals surface area contributed by atoms with Gasteiger partial charge >= 0.3 is 0 Å². The van der Waals surface area contributed by atoms with Gasteiger partial charge in [0.05, 0.1) is 32.3 Å². The Morgan fingerprint density at radius 3 is 2.37 bits per heavy atom. The van der Waals surface area contributed by atoms with Crippen LogP contribution in [0.3, 0.4) is 0 Å². The largest absolute Gasteiger partial charge is 0.497 e. The molecule has 0 aromatic heterocycles. The molecule has 1 heterocycles. The van der Waals surface area contributed by atoms with Crippen molar-refractivity contribution in [1.82, 2.24) is 4.90 Å². The van der Waals surface area contributed by atoms with Gasteiger partial charge in [0, 0.05) is 24.8 Å². The smallest absolute Gasteiger partial charge is 0.269 e. The summed E-state index contributed by atoms with van der Waals surface area (Å²) in [7, 11) is 4.72. The normalized spacial score (nSPS) is 14.9. The van der Waals surface area contributed by atoms with E-state index in [-0.39, 0.29) is 11.6 Å². The van der Waals surface area contributed by atoms with Crippen molar-refractivity contribution in [2.24, 2.45) is 0 Å². The zero-order chi connectivity index (χ0) is 24.9. The first-order valence-corrected chi connectivity index (χ1v) is 11.1. The molecule has 0 saturated heterocycles. The zero-order valence-corrected chi connectivity index (χ0v) is 19.8. The Labute approximate surface area is 203 Å². The van der Waals surface area contributed by atoms with Crippen molar-refractivity contribution in [1.29, 1.82) is 0 Å². The predicted molar refractivity (Wildman–Crippen MR) is 132 cm³/mol. The molecule has 0 radical (unpaired) electrons. The summed E-state index contributed by atoms with van der Waals surface area (Å²) in [4.78, 5) is 26.2. The molecule has 3 aromatic carbocycles. The van der Waals surface area contributed by atoms with Gasteiger partial charge in [-0.1, -0.05) is 24.3 Å². The van der Waals surface area contributed by atoms with Gasteiger partial charge in [0.2, 0.25) is 5.91 Å². The van der Waals surface area contributed by atoms with Gasteiger partial charge in [0.15, 0.2) is 11.5 Å². The van der Waals surface area contributed by atoms with E-state index < -0.39 is 11.0 Å². The number of amides is 1. The van der Waals surface area contributed by atoms with E-state index in [1.807, 2.05) is 36.4 Å². The summed E-state index contributed by atoms with van der Waals surface area (Å²) in [6, 6.07) is 17.0. The molecular weight excluding hydrogens is 448 g/mol. The average Bonchev–Trinajstić information content (AvgIpc) is 2.90. The van der Waals surface area contributed by atoms with Crippen LogP contribution < -0.4 is 14.2 Å². The van der Waals surface area contributed by atoms with Gasteiger partial charge in [-0.15, -0.1) is 0 Å². The number of hydrogen-bond acceptors (Lipinski definition) is 6. The molecule has 0 fully saturated rings. The van der Waals surface area contributed by atoms with Crippen molar-refractivity contribution in [3.05, 3.63) is 99.1 Å². The quantitative estimate of drug-likeness (QED) is 0.277. The van der Waals surface area contributed by atoms with Crippen molar-refractivity contribution in [3.8, 4) is 17.2 Å². The maximum Gasteiger partial charge on any atom is 0.269 e. The van der Waals surface area contributed by atoms with Crippen LogP contribution in [0.25, 0.3) is 6.08 Å². The summed E-state index contributed by atoms with van der Waals surface area (Å²) in [5.74, 6) is 1.67. The van der Waals surface area contributed by atoms with E-state index in [0.717, 1.165) is 22.4 Å². The van der Waals surface area contributed by atoms with Crippen LogP contribution in [0.4, 0.5) is 5.69 Å². The second-order valence-corrected chi connectivity index (χ2v) is 8.05. The molecule has 35 heavy (non-hydrogen) atoms. The molecule has 180 valence electrons. The third-order valence-corrected chi connectivity index (χ3v) is 6.09. The second-order valence-electron chi connectivity index (χ2n) is 8.05. The van der Waals surface area contributed by atoms with Gasteiger partial charge in [-0.2, -0.15) is 0 Å². The van der Waals surface area contributed by atoms with Crippen LogP contribution in [0, 0.1) is 10.1 Å². The fourth-order valence-corrected chi connectivity index (χ4v) is 4.33. The SMILES string of the molecule is COc1ccc(/C=C/C(=O)N2CCc3cc(OC)c(OC)cc3[C@@H]2c2cccc([N+](=O)[O-])c2)cc1. The van der Waals surface area contributed by atoms with E-state index in [1.165, 1.54) is 18.2 Å². The molecule has 0 unspecified atom stereocenters. The van der Waals surface area contributed by atoms with Crippen LogP contribution in [0.5, 0.6) is 17.2 Å². The lowest BCUT2D eigenvalue weighted by Crippen LogP contribution is -2.39. The van der Waals surface area contributed by atoms with Crippen molar-refractivity contribution in [3.63, 3.8) is 0 Å². The number of nitro groups is 1. The Bertz CT molecular complexity index is 1270. The van der Waals surface area contributed by atoms with E-state index >= 15 is 0 Å². The van der Waals surface area contributed by atoms with Crippen molar-refractivity contribution >= 4 is 17.7 Å². The number of nitro benzene ring substituents is 1. The number of hydrogen-bond donors (Lipinski definition) is 0. The van der Waals surface area contributed by atoms with Crippen molar-refractivity contribution in [2.75, 3.05) is 27.9 Å². The van der Waals surface area contributed by atoms with Crippen LogP contribution in [-0.4, -0.2) is 43.6 Å². The lowest BCUT2D eigenvalue weighted by atomic mass is 9.87. The molecule has 4 rings (SSSR count). The van der Waals surface area contributed by atoms with Crippen LogP contribution >= 0.6 is 0 Å². The Morgan fingerprint density at radius 1 is 1.00 bits per heavy atom. The molecule has 0 saturated carbocycles. The minimum atomic E-state index is -0.522. The third kappa shape index (κ3) is 4.96. The number of methoxy groups -OCH3 is 3. The highest BCUT2D eigenvalue weighted by Crippen LogP contribution is 2.41. The lowest BCUT2D eigenvalue weighted by molar-refractivity contribution is -0.384. The topological polar surface area (TPSA) is 91.1 Å². The molecule has 1 amide bonds. The number of fused-ring (bicyclic) bond motifs is 1. The molecule has 0 bridgehead atoms. The number of rotatable bonds is 7. The van der Waals surface area contributed by atoms with Crippen LogP contribution in [0.1, 0.15) is 28.3 Å². The lowest BCUT2D eigenvalue weighted by Gasteiger charge is -2.37. The average molecular weight is 475 g/mol. The van der Waals surface area contributed by atoms with Crippen LogP contribution in [0.15, 0.2) is 66.7 Å². The van der Waals surface area contributed by atoms with Gasteiger partial charge in [-0.05, 0) is 59.0 Å². The van der Waals surface area contributed by atoms with E-state index in [2.05, 4.69) is 0 Å². The van der Waals surface area contributed by atoms with E-state index in [4.69, 9.17) is 14.2 Å². The first-order chi connectivity index (χ1) is 16.9. The molecule has 0 aliphatic carbocycles. The standard InChI is InChI=1S/C27H26N2O6/c1-33-22-10-7-18(8-11-22)9-12-26(30)28-14-13-19-16-24(34-2)25(35-3)17-23(19)27(28)20-5-4-6-21(15-20)29(31)32/h4-12,15-17,27H,13-14H2,1-3H3/b12-9+/t27-/m0/s1. The van der Waals surface area contributed by atoms with Gasteiger partial charge in [-0.3, -0.25) is 14.9 Å². The first kappa shape index (κ1) is 23.8. The summed E-state index contributed by atoms with van der Waals surface area (Å²) in [6.45, 7) is 0.446. The minimum Gasteiger partial charge on any atom is -0.497 e. The number of non-ortho nitro benzene ring substituents is 1. The molecule has 1 atom stereocenters.